The summed E-state index contributed by atoms with van der Waals surface area (Å²) in [6.07, 6.45) is 2.36. The number of rotatable bonds is 5. The maximum Gasteiger partial charge on any atom is 0.267 e. The minimum atomic E-state index is -3.84. The molecule has 0 saturated heterocycles. The van der Waals surface area contributed by atoms with E-state index >= 15 is 0 Å². The first-order valence-electron chi connectivity index (χ1n) is 5.98. The van der Waals surface area contributed by atoms with Crippen molar-refractivity contribution in [3.63, 3.8) is 0 Å². The molecule has 0 N–H and O–H groups in total. The Morgan fingerprint density at radius 3 is 2.38 bits per heavy atom. The number of benzene rings is 1. The van der Waals surface area contributed by atoms with E-state index in [1.54, 1.807) is 30.3 Å². The van der Waals surface area contributed by atoms with Crippen LogP contribution < -0.4 is 4.31 Å². The second kappa shape index (κ2) is 6.52. The van der Waals surface area contributed by atoms with Crippen LogP contribution in [0.1, 0.15) is 6.42 Å². The minimum Gasteiger partial charge on any atom is -0.265 e. The van der Waals surface area contributed by atoms with Gasteiger partial charge in [0.1, 0.15) is 4.90 Å². The van der Waals surface area contributed by atoms with Crippen molar-refractivity contribution < 1.29 is 8.42 Å². The maximum absolute atomic E-state index is 12.6. The summed E-state index contributed by atoms with van der Waals surface area (Å²) in [7, 11) is -3.84. The molecular formula is C13H11ClN4O2S. The molecule has 0 aliphatic carbocycles. The number of sulfonamides is 1. The first-order chi connectivity index (χ1) is 10.1. The van der Waals surface area contributed by atoms with E-state index in [0.717, 1.165) is 16.7 Å². The summed E-state index contributed by atoms with van der Waals surface area (Å²) >= 11 is 5.57. The van der Waals surface area contributed by atoms with Gasteiger partial charge in [0.2, 0.25) is 5.28 Å². The van der Waals surface area contributed by atoms with Crippen LogP contribution in [0.2, 0.25) is 5.28 Å². The molecule has 8 heteroatoms. The monoisotopic (exact) mass is 322 g/mol. The lowest BCUT2D eigenvalue weighted by molar-refractivity contribution is 0.590. The number of anilines is 1. The van der Waals surface area contributed by atoms with Gasteiger partial charge >= 0.3 is 0 Å². The molecule has 2 aromatic rings. The van der Waals surface area contributed by atoms with Crippen LogP contribution in [0.15, 0.2) is 47.6 Å². The Bertz CT molecular complexity index is 742. The second-order valence-electron chi connectivity index (χ2n) is 4.01. The number of hydrogen-bond donors (Lipinski definition) is 0. The summed E-state index contributed by atoms with van der Waals surface area (Å²) in [5.74, 6) is 0. The lowest BCUT2D eigenvalue weighted by Gasteiger charge is -2.23. The Kier molecular flexibility index (Phi) is 4.73. The zero-order valence-electron chi connectivity index (χ0n) is 10.8. The van der Waals surface area contributed by atoms with Gasteiger partial charge in [-0.15, -0.1) is 0 Å². The normalized spacial score (nSPS) is 10.9. The third-order valence-electron chi connectivity index (χ3n) is 2.66. The predicted molar refractivity (Wildman–Crippen MR) is 78.2 cm³/mol. The molecular weight excluding hydrogens is 312 g/mol. The molecule has 1 heterocycles. The zero-order chi connectivity index (χ0) is 15.3. The Morgan fingerprint density at radius 1 is 1.19 bits per heavy atom. The van der Waals surface area contributed by atoms with E-state index in [1.165, 1.54) is 0 Å². The highest BCUT2D eigenvalue weighted by Gasteiger charge is 2.25. The molecule has 1 aromatic heterocycles. The maximum atomic E-state index is 12.6. The van der Waals surface area contributed by atoms with Gasteiger partial charge in [-0.25, -0.2) is 18.4 Å². The number of nitrogens with zero attached hydrogens (tertiary/aromatic N) is 4. The molecule has 21 heavy (non-hydrogen) atoms. The van der Waals surface area contributed by atoms with Gasteiger partial charge in [-0.1, -0.05) is 18.2 Å². The Labute approximate surface area is 127 Å². The Morgan fingerprint density at radius 2 is 1.81 bits per heavy atom. The lowest BCUT2D eigenvalue weighted by Crippen LogP contribution is -2.32. The molecule has 0 bridgehead atoms. The molecule has 0 spiro atoms. The van der Waals surface area contributed by atoms with E-state index in [1.807, 2.05) is 6.07 Å². The highest BCUT2D eigenvalue weighted by molar-refractivity contribution is 7.92. The number of para-hydroxylation sites is 1. The van der Waals surface area contributed by atoms with Crippen molar-refractivity contribution in [2.75, 3.05) is 10.8 Å². The van der Waals surface area contributed by atoms with Crippen molar-refractivity contribution in [3.8, 4) is 6.07 Å². The highest BCUT2D eigenvalue weighted by Crippen LogP contribution is 2.23. The average Bonchev–Trinajstić information content (AvgIpc) is 2.49. The minimum absolute atomic E-state index is 0.0303. The van der Waals surface area contributed by atoms with Crippen molar-refractivity contribution in [2.45, 2.75) is 11.3 Å². The molecule has 0 saturated carbocycles. The van der Waals surface area contributed by atoms with E-state index in [0.29, 0.717) is 5.69 Å². The van der Waals surface area contributed by atoms with Crippen LogP contribution in [0.25, 0.3) is 0 Å². The summed E-state index contributed by atoms with van der Waals surface area (Å²) in [5.41, 5.74) is 0.475. The smallest absolute Gasteiger partial charge is 0.265 e. The second-order valence-corrected chi connectivity index (χ2v) is 6.21. The van der Waals surface area contributed by atoms with E-state index < -0.39 is 10.0 Å². The third-order valence-corrected chi connectivity index (χ3v) is 4.63. The van der Waals surface area contributed by atoms with Crippen LogP contribution in [0.4, 0.5) is 5.69 Å². The van der Waals surface area contributed by atoms with E-state index in [9.17, 15) is 8.42 Å². The molecule has 0 aliphatic rings. The summed E-state index contributed by atoms with van der Waals surface area (Å²) < 4.78 is 26.4. The third kappa shape index (κ3) is 3.48. The molecule has 0 aliphatic heterocycles. The van der Waals surface area contributed by atoms with E-state index in [2.05, 4.69) is 9.97 Å². The van der Waals surface area contributed by atoms with Gasteiger partial charge in [-0.05, 0) is 23.7 Å². The SMILES string of the molecule is N#CCCN(c1ccccc1)S(=O)(=O)c1cnc(Cl)nc1. The molecule has 0 atom stereocenters. The van der Waals surface area contributed by atoms with Crippen molar-refractivity contribution in [2.24, 2.45) is 0 Å². The quantitative estimate of drug-likeness (QED) is 0.788. The molecule has 2 rings (SSSR count). The van der Waals surface area contributed by atoms with Gasteiger partial charge in [-0.2, -0.15) is 5.26 Å². The Hall–Kier alpha value is -2.17. The molecule has 0 fully saturated rings. The molecule has 1 aromatic carbocycles. The number of nitriles is 1. The molecule has 0 radical (unpaired) electrons. The zero-order valence-corrected chi connectivity index (χ0v) is 12.4. The molecule has 0 unspecified atom stereocenters. The van der Waals surface area contributed by atoms with Crippen molar-refractivity contribution in [3.05, 3.63) is 48.0 Å². The van der Waals surface area contributed by atoms with Gasteiger partial charge in [0, 0.05) is 6.54 Å². The standard InChI is InChI=1S/C13H11ClN4O2S/c14-13-16-9-12(10-17-13)21(19,20)18(8-4-7-15)11-5-2-1-3-6-11/h1-3,5-6,9-10H,4,8H2. The van der Waals surface area contributed by atoms with Crippen LogP contribution in [-0.2, 0) is 10.0 Å². The largest absolute Gasteiger partial charge is 0.267 e. The van der Waals surface area contributed by atoms with E-state index in [4.69, 9.17) is 16.9 Å². The summed E-state index contributed by atoms with van der Waals surface area (Å²) in [6, 6.07) is 10.5. The van der Waals surface area contributed by atoms with E-state index in [-0.39, 0.29) is 23.1 Å². The lowest BCUT2D eigenvalue weighted by atomic mass is 10.3. The summed E-state index contributed by atoms with van der Waals surface area (Å²) in [6.45, 7) is 0.0471. The first-order valence-corrected chi connectivity index (χ1v) is 7.80. The molecule has 6 nitrogen and oxygen atoms in total. The van der Waals surface area contributed by atoms with Crippen molar-refractivity contribution in [1.82, 2.24) is 9.97 Å². The fourth-order valence-electron chi connectivity index (χ4n) is 1.69. The Balaban J connectivity index is 2.45. The fourth-order valence-corrected chi connectivity index (χ4v) is 3.15. The van der Waals surface area contributed by atoms with Crippen LogP contribution >= 0.6 is 11.6 Å². The topological polar surface area (TPSA) is 87.0 Å². The molecule has 0 amide bonds. The van der Waals surface area contributed by atoms with Crippen molar-refractivity contribution >= 4 is 27.3 Å². The highest BCUT2D eigenvalue weighted by atomic mass is 35.5. The fraction of sp³-hybridized carbons (Fsp3) is 0.154. The van der Waals surface area contributed by atoms with Crippen LogP contribution in [-0.4, -0.2) is 24.9 Å². The number of halogens is 1. The molecule has 108 valence electrons. The van der Waals surface area contributed by atoms with Gasteiger partial charge in [0.15, 0.2) is 0 Å². The van der Waals surface area contributed by atoms with Gasteiger partial charge in [0.05, 0.1) is 30.6 Å². The number of aromatic nitrogens is 2. The van der Waals surface area contributed by atoms with Crippen LogP contribution in [0.3, 0.4) is 0 Å². The van der Waals surface area contributed by atoms with Crippen LogP contribution in [0, 0.1) is 11.3 Å². The van der Waals surface area contributed by atoms with Gasteiger partial charge in [0.25, 0.3) is 10.0 Å². The van der Waals surface area contributed by atoms with Gasteiger partial charge in [-0.3, -0.25) is 4.31 Å². The van der Waals surface area contributed by atoms with Crippen LogP contribution in [0.5, 0.6) is 0 Å². The first kappa shape index (κ1) is 15.2. The van der Waals surface area contributed by atoms with Gasteiger partial charge < -0.3 is 0 Å². The summed E-state index contributed by atoms with van der Waals surface area (Å²) in [4.78, 5) is 7.30. The number of hydrogen-bond acceptors (Lipinski definition) is 5. The van der Waals surface area contributed by atoms with Crippen molar-refractivity contribution in [1.29, 1.82) is 5.26 Å². The predicted octanol–water partition coefficient (Wildman–Crippen LogP) is 2.24. The average molecular weight is 323 g/mol. The summed E-state index contributed by atoms with van der Waals surface area (Å²) in [5, 5.41) is 8.69.